The molecule has 0 aromatic carbocycles. The standard InChI is InChI=1S/C17H21N3O/c1-13-18-9-15-3-6-17(16(15)19-13)5-2-7-20(12-17)10-14-4-8-21-11-14/h4,8-9,11H,2-3,5-7,10,12H2,1H3. The average Bonchev–Trinajstić information content (AvgIpc) is 3.09. The molecule has 3 heterocycles. The lowest BCUT2D eigenvalue weighted by atomic mass is 9.77. The molecule has 1 unspecified atom stereocenters. The first-order chi connectivity index (χ1) is 10.3. The molecule has 0 saturated carbocycles. The molecule has 2 aromatic rings. The fraction of sp³-hybridized carbons (Fsp3) is 0.529. The molecule has 0 bridgehead atoms. The van der Waals surface area contributed by atoms with E-state index >= 15 is 0 Å². The van der Waals surface area contributed by atoms with Gasteiger partial charge in [0.2, 0.25) is 0 Å². The van der Waals surface area contributed by atoms with Gasteiger partial charge in [-0.15, -0.1) is 0 Å². The molecule has 4 rings (SSSR count). The maximum atomic E-state index is 5.20. The molecule has 4 nitrogen and oxygen atoms in total. The summed E-state index contributed by atoms with van der Waals surface area (Å²) in [5.41, 5.74) is 4.21. The van der Waals surface area contributed by atoms with Gasteiger partial charge in [-0.3, -0.25) is 4.90 Å². The van der Waals surface area contributed by atoms with E-state index in [1.165, 1.54) is 42.6 Å². The van der Waals surface area contributed by atoms with Gasteiger partial charge in [0.15, 0.2) is 0 Å². The van der Waals surface area contributed by atoms with Crippen LogP contribution in [0.25, 0.3) is 0 Å². The van der Waals surface area contributed by atoms with Crippen LogP contribution in [0.3, 0.4) is 0 Å². The van der Waals surface area contributed by atoms with Gasteiger partial charge in [0, 0.05) is 30.3 Å². The molecule has 1 atom stereocenters. The maximum absolute atomic E-state index is 5.20. The van der Waals surface area contributed by atoms with E-state index in [-0.39, 0.29) is 5.41 Å². The fourth-order valence-electron chi connectivity index (χ4n) is 4.03. The highest BCUT2D eigenvalue weighted by atomic mass is 16.3. The molecule has 0 amide bonds. The molecule has 1 aliphatic carbocycles. The predicted molar refractivity (Wildman–Crippen MR) is 80.0 cm³/mol. The number of rotatable bonds is 2. The van der Waals surface area contributed by atoms with Gasteiger partial charge in [-0.25, -0.2) is 9.97 Å². The molecule has 1 fully saturated rings. The zero-order valence-corrected chi connectivity index (χ0v) is 12.5. The van der Waals surface area contributed by atoms with E-state index in [4.69, 9.17) is 9.40 Å². The van der Waals surface area contributed by atoms with Crippen molar-refractivity contribution in [3.63, 3.8) is 0 Å². The number of hydrogen-bond donors (Lipinski definition) is 0. The summed E-state index contributed by atoms with van der Waals surface area (Å²) in [6.07, 6.45) is 10.5. The number of aromatic nitrogens is 2. The highest BCUT2D eigenvalue weighted by Gasteiger charge is 2.43. The van der Waals surface area contributed by atoms with Crippen molar-refractivity contribution in [2.45, 2.75) is 44.6 Å². The Morgan fingerprint density at radius 1 is 1.38 bits per heavy atom. The number of hydrogen-bond acceptors (Lipinski definition) is 4. The number of aryl methyl sites for hydroxylation is 2. The van der Waals surface area contributed by atoms with E-state index in [2.05, 4.69) is 16.0 Å². The number of likely N-dealkylation sites (tertiary alicyclic amines) is 1. The highest BCUT2D eigenvalue weighted by molar-refractivity contribution is 5.33. The highest BCUT2D eigenvalue weighted by Crippen LogP contribution is 2.44. The number of nitrogens with zero attached hydrogens (tertiary/aromatic N) is 3. The molecule has 1 aliphatic heterocycles. The second-order valence-electron chi connectivity index (χ2n) is 6.52. The molecular weight excluding hydrogens is 262 g/mol. The lowest BCUT2D eigenvalue weighted by Gasteiger charge is -2.40. The predicted octanol–water partition coefficient (Wildman–Crippen LogP) is 2.86. The van der Waals surface area contributed by atoms with E-state index in [1.807, 2.05) is 19.4 Å². The average molecular weight is 283 g/mol. The van der Waals surface area contributed by atoms with Crippen molar-refractivity contribution in [2.75, 3.05) is 13.1 Å². The van der Waals surface area contributed by atoms with E-state index < -0.39 is 0 Å². The monoisotopic (exact) mass is 283 g/mol. The Hall–Kier alpha value is -1.68. The summed E-state index contributed by atoms with van der Waals surface area (Å²) in [5.74, 6) is 0.905. The first-order valence-corrected chi connectivity index (χ1v) is 7.82. The van der Waals surface area contributed by atoms with Gasteiger partial charge < -0.3 is 4.42 Å². The summed E-state index contributed by atoms with van der Waals surface area (Å²) in [6, 6.07) is 2.07. The Morgan fingerprint density at radius 3 is 3.19 bits per heavy atom. The third-order valence-corrected chi connectivity index (χ3v) is 5.00. The molecule has 110 valence electrons. The Kier molecular flexibility index (Phi) is 3.07. The molecule has 2 aliphatic rings. The van der Waals surface area contributed by atoms with Gasteiger partial charge in [-0.1, -0.05) is 0 Å². The normalized spacial score (nSPS) is 25.4. The fourth-order valence-corrected chi connectivity index (χ4v) is 4.03. The summed E-state index contributed by atoms with van der Waals surface area (Å²) in [6.45, 7) is 5.27. The van der Waals surface area contributed by atoms with Crippen LogP contribution in [0.15, 0.2) is 29.2 Å². The first kappa shape index (κ1) is 13.0. The second kappa shape index (κ2) is 4.95. The van der Waals surface area contributed by atoms with Crippen molar-refractivity contribution in [1.82, 2.24) is 14.9 Å². The van der Waals surface area contributed by atoms with Crippen LogP contribution in [0, 0.1) is 6.92 Å². The lowest BCUT2D eigenvalue weighted by molar-refractivity contribution is 0.136. The summed E-state index contributed by atoms with van der Waals surface area (Å²) >= 11 is 0. The van der Waals surface area contributed by atoms with Crippen molar-refractivity contribution in [3.8, 4) is 0 Å². The van der Waals surface area contributed by atoms with Crippen LogP contribution in [0.4, 0.5) is 0 Å². The quantitative estimate of drug-likeness (QED) is 0.850. The van der Waals surface area contributed by atoms with Crippen molar-refractivity contribution in [1.29, 1.82) is 0 Å². The van der Waals surface area contributed by atoms with E-state index in [9.17, 15) is 0 Å². The minimum Gasteiger partial charge on any atom is -0.472 e. The molecule has 4 heteroatoms. The topological polar surface area (TPSA) is 42.2 Å². The van der Waals surface area contributed by atoms with E-state index in [0.717, 1.165) is 25.3 Å². The number of fused-ring (bicyclic) bond motifs is 2. The Labute approximate surface area is 125 Å². The maximum Gasteiger partial charge on any atom is 0.125 e. The van der Waals surface area contributed by atoms with Crippen molar-refractivity contribution in [2.24, 2.45) is 0 Å². The Balaban J connectivity index is 1.60. The van der Waals surface area contributed by atoms with E-state index in [0.29, 0.717) is 0 Å². The van der Waals surface area contributed by atoms with Gasteiger partial charge in [0.1, 0.15) is 5.82 Å². The van der Waals surface area contributed by atoms with E-state index in [1.54, 1.807) is 6.26 Å². The summed E-state index contributed by atoms with van der Waals surface area (Å²) < 4.78 is 5.20. The number of piperidine rings is 1. The van der Waals surface area contributed by atoms with Crippen LogP contribution in [0.2, 0.25) is 0 Å². The second-order valence-corrected chi connectivity index (χ2v) is 6.52. The molecule has 2 aromatic heterocycles. The molecule has 1 spiro atoms. The Bertz CT molecular complexity index is 633. The van der Waals surface area contributed by atoms with Crippen LogP contribution >= 0.6 is 0 Å². The minimum atomic E-state index is 0.255. The molecule has 1 saturated heterocycles. The smallest absolute Gasteiger partial charge is 0.125 e. The number of furan rings is 1. The Morgan fingerprint density at radius 2 is 2.33 bits per heavy atom. The molecule has 0 N–H and O–H groups in total. The van der Waals surface area contributed by atoms with Gasteiger partial charge in [0.25, 0.3) is 0 Å². The third kappa shape index (κ3) is 2.27. The largest absolute Gasteiger partial charge is 0.472 e. The van der Waals surface area contributed by atoms with Crippen LogP contribution in [-0.2, 0) is 18.4 Å². The van der Waals surface area contributed by atoms with Gasteiger partial charge >= 0.3 is 0 Å². The van der Waals surface area contributed by atoms with Crippen molar-refractivity contribution >= 4 is 0 Å². The van der Waals surface area contributed by atoms with Crippen molar-refractivity contribution < 1.29 is 4.42 Å². The van der Waals surface area contributed by atoms with Gasteiger partial charge in [-0.2, -0.15) is 0 Å². The molecular formula is C17H21N3O. The van der Waals surface area contributed by atoms with Crippen LogP contribution in [0.5, 0.6) is 0 Å². The van der Waals surface area contributed by atoms with Crippen LogP contribution in [-0.4, -0.2) is 28.0 Å². The molecule has 21 heavy (non-hydrogen) atoms. The summed E-state index contributed by atoms with van der Waals surface area (Å²) in [5, 5.41) is 0. The summed E-state index contributed by atoms with van der Waals surface area (Å²) in [4.78, 5) is 11.7. The zero-order chi connectivity index (χ0) is 14.3. The summed E-state index contributed by atoms with van der Waals surface area (Å²) in [7, 11) is 0. The molecule has 0 radical (unpaired) electrons. The van der Waals surface area contributed by atoms with Crippen LogP contribution < -0.4 is 0 Å². The minimum absolute atomic E-state index is 0.255. The SMILES string of the molecule is Cc1ncc2c(n1)C1(CCCN(Cc3ccoc3)C1)CC2. The zero-order valence-electron chi connectivity index (χ0n) is 12.5. The van der Waals surface area contributed by atoms with Crippen molar-refractivity contribution in [3.05, 3.63) is 47.4 Å². The van der Waals surface area contributed by atoms with Gasteiger partial charge in [-0.05, 0) is 50.8 Å². The third-order valence-electron chi connectivity index (χ3n) is 5.00. The lowest BCUT2D eigenvalue weighted by Crippen LogP contribution is -2.45. The van der Waals surface area contributed by atoms with Gasteiger partial charge in [0.05, 0.1) is 18.2 Å². The first-order valence-electron chi connectivity index (χ1n) is 7.82. The van der Waals surface area contributed by atoms with Crippen LogP contribution in [0.1, 0.15) is 41.9 Å².